The Labute approximate surface area is 297 Å². The number of nitrogens with two attached hydrogens (primary N) is 1. The van der Waals surface area contributed by atoms with Gasteiger partial charge in [0.15, 0.2) is 0 Å². The van der Waals surface area contributed by atoms with Gasteiger partial charge in [0, 0.05) is 67.6 Å². The topological polar surface area (TPSA) is 133 Å². The average Bonchev–Trinajstić information content (AvgIpc) is 3.67. The fraction of sp³-hybridized carbons (Fsp3) is 0.641. The fourth-order valence-electron chi connectivity index (χ4n) is 9.35. The third-order valence-electron chi connectivity index (χ3n) is 12.5. The maximum atomic E-state index is 14.2. The van der Waals surface area contributed by atoms with Gasteiger partial charge in [-0.05, 0) is 86.7 Å². The number of nitrogens with zero attached hydrogens (tertiary/aromatic N) is 3. The van der Waals surface area contributed by atoms with Crippen LogP contribution in [0.5, 0.6) is 5.75 Å². The number of carbonyl (C=O) groups excluding carboxylic acids is 2. The lowest BCUT2D eigenvalue weighted by molar-refractivity contribution is -0.175. The van der Waals surface area contributed by atoms with Gasteiger partial charge in [-0.3, -0.25) is 14.4 Å². The van der Waals surface area contributed by atoms with E-state index in [1.165, 1.54) is 6.42 Å². The number of fused-ring (bicyclic) bond motifs is 2. The summed E-state index contributed by atoms with van der Waals surface area (Å²) in [6, 6.07) is 11.2. The molecule has 0 aromatic heterocycles. The lowest BCUT2D eigenvalue weighted by Gasteiger charge is -2.62. The molecule has 0 radical (unpaired) electrons. The highest BCUT2D eigenvalue weighted by Gasteiger charge is 2.57. The number of likely N-dealkylation sites (tertiary alicyclic amines) is 1. The quantitative estimate of drug-likeness (QED) is 0.280. The van der Waals surface area contributed by atoms with E-state index in [1.54, 1.807) is 19.1 Å². The number of methoxy groups -OCH3 is 1. The second-order valence-electron chi connectivity index (χ2n) is 16.2. The molecule has 11 nitrogen and oxygen atoms in total. The van der Waals surface area contributed by atoms with Crippen molar-refractivity contribution in [1.82, 2.24) is 20.6 Å². The third kappa shape index (κ3) is 6.87. The van der Waals surface area contributed by atoms with Crippen LogP contribution in [-0.4, -0.2) is 105 Å². The minimum atomic E-state index is -0.809. The molecule has 2 aromatic rings. The second-order valence-corrected chi connectivity index (χ2v) is 16.2. The average molecular weight is 691 g/mol. The number of amides is 2. The van der Waals surface area contributed by atoms with Crippen LogP contribution in [0.15, 0.2) is 36.4 Å². The number of anilines is 1. The van der Waals surface area contributed by atoms with Crippen LogP contribution < -0.4 is 26.0 Å². The molecule has 9 atom stereocenters. The molecule has 0 spiro atoms. The van der Waals surface area contributed by atoms with Gasteiger partial charge in [0.2, 0.25) is 5.91 Å². The molecule has 2 aromatic carbocycles. The van der Waals surface area contributed by atoms with Gasteiger partial charge in [-0.2, -0.15) is 5.06 Å². The number of aliphatic hydroxyl groups excluding tert-OH is 1. The number of hydrogen-bond acceptors (Lipinski definition) is 9. The SMILES string of the molecule is COc1c(CN2O[C@@H](CN)C([C@H](C)O)[C@H]2C(=O)N[C@H]2C[C@H]3C[C@@H]([C@@H]2C)C3(C)C)cccc1-c1cc(C(=O)N[C@@H]2CCN(C)C2)cc(N(C)C)c1. The number of benzene rings is 2. The van der Waals surface area contributed by atoms with E-state index in [4.69, 9.17) is 15.3 Å². The summed E-state index contributed by atoms with van der Waals surface area (Å²) >= 11 is 0. The van der Waals surface area contributed by atoms with E-state index in [0.717, 1.165) is 48.3 Å². The lowest BCUT2D eigenvalue weighted by Crippen LogP contribution is -2.62. The van der Waals surface area contributed by atoms with Crippen molar-refractivity contribution in [2.24, 2.45) is 34.8 Å². The predicted molar refractivity (Wildman–Crippen MR) is 196 cm³/mol. The van der Waals surface area contributed by atoms with Crippen molar-refractivity contribution in [2.45, 2.75) is 83.8 Å². The van der Waals surface area contributed by atoms with E-state index in [9.17, 15) is 14.7 Å². The van der Waals surface area contributed by atoms with Gasteiger partial charge < -0.3 is 36.0 Å². The highest BCUT2D eigenvalue weighted by Crippen LogP contribution is 2.61. The Balaban J connectivity index is 1.28. The van der Waals surface area contributed by atoms with Crippen LogP contribution in [-0.2, 0) is 16.2 Å². The molecule has 5 N–H and O–H groups in total. The van der Waals surface area contributed by atoms with Crippen molar-refractivity contribution in [3.8, 4) is 16.9 Å². The number of para-hydroxylation sites is 1. The second kappa shape index (κ2) is 14.4. The summed E-state index contributed by atoms with van der Waals surface area (Å²) in [7, 11) is 7.62. The van der Waals surface area contributed by atoms with Gasteiger partial charge in [0.05, 0.1) is 25.9 Å². The van der Waals surface area contributed by atoms with Crippen LogP contribution in [0.4, 0.5) is 5.69 Å². The number of hydrogen-bond donors (Lipinski definition) is 4. The molecular weight excluding hydrogens is 632 g/mol. The number of aliphatic hydroxyl groups is 1. The number of likely N-dealkylation sites (N-methyl/N-ethyl adjacent to an activating group) is 1. The molecule has 50 heavy (non-hydrogen) atoms. The molecule has 2 aliphatic heterocycles. The van der Waals surface area contributed by atoms with E-state index in [0.29, 0.717) is 34.5 Å². The van der Waals surface area contributed by atoms with Gasteiger partial charge in [0.25, 0.3) is 5.91 Å². The highest BCUT2D eigenvalue weighted by molar-refractivity contribution is 5.97. The molecular formula is C39H58N6O5. The van der Waals surface area contributed by atoms with Crippen molar-refractivity contribution in [1.29, 1.82) is 0 Å². The van der Waals surface area contributed by atoms with Gasteiger partial charge in [0.1, 0.15) is 11.8 Å². The first kappa shape index (κ1) is 36.6. The van der Waals surface area contributed by atoms with Gasteiger partial charge >= 0.3 is 0 Å². The fourth-order valence-corrected chi connectivity index (χ4v) is 9.35. The summed E-state index contributed by atoms with van der Waals surface area (Å²) in [4.78, 5) is 38.3. The van der Waals surface area contributed by atoms with E-state index in [2.05, 4.69) is 49.4 Å². The van der Waals surface area contributed by atoms with E-state index in [1.807, 2.05) is 49.3 Å². The number of carbonyl (C=O) groups is 2. The van der Waals surface area contributed by atoms with Crippen molar-refractivity contribution in [3.05, 3.63) is 47.5 Å². The Morgan fingerprint density at radius 2 is 1.94 bits per heavy atom. The molecule has 3 saturated carbocycles. The van der Waals surface area contributed by atoms with Crippen LogP contribution in [0.1, 0.15) is 62.9 Å². The molecule has 2 saturated heterocycles. The summed E-state index contributed by atoms with van der Waals surface area (Å²) in [6.45, 7) is 10.9. The Hall–Kier alpha value is -3.22. The summed E-state index contributed by atoms with van der Waals surface area (Å²) < 4.78 is 6.08. The monoisotopic (exact) mass is 690 g/mol. The van der Waals surface area contributed by atoms with E-state index >= 15 is 0 Å². The zero-order valence-electron chi connectivity index (χ0n) is 31.1. The summed E-state index contributed by atoms with van der Waals surface area (Å²) in [5.74, 6) is 1.44. The smallest absolute Gasteiger partial charge is 0.251 e. The van der Waals surface area contributed by atoms with Crippen molar-refractivity contribution < 1.29 is 24.3 Å². The molecule has 2 amide bonds. The minimum absolute atomic E-state index is 0.0792. The van der Waals surface area contributed by atoms with Crippen LogP contribution in [0.3, 0.4) is 0 Å². The van der Waals surface area contributed by atoms with Gasteiger partial charge in [-0.15, -0.1) is 0 Å². The summed E-state index contributed by atoms with van der Waals surface area (Å²) in [6.07, 6.45) is 1.78. The molecule has 274 valence electrons. The molecule has 1 unspecified atom stereocenters. The molecule has 5 aliphatic rings. The van der Waals surface area contributed by atoms with E-state index in [-0.39, 0.29) is 37.0 Å². The number of nitrogens with one attached hydrogen (secondary N) is 2. The maximum absolute atomic E-state index is 14.2. The van der Waals surface area contributed by atoms with Crippen LogP contribution in [0.2, 0.25) is 0 Å². The zero-order valence-corrected chi connectivity index (χ0v) is 31.1. The number of rotatable bonds is 11. The Morgan fingerprint density at radius 3 is 2.54 bits per heavy atom. The number of hydroxylamine groups is 2. The molecule has 7 rings (SSSR count). The first-order chi connectivity index (χ1) is 23.7. The standard InChI is InChI=1S/C39H58N6O5/c1-22-31-17-27(39(31,3)4)18-32(22)42-38(48)35-34(23(2)46)33(19-40)50-45(35)20-24-10-9-11-30(36(24)49-8)25-14-26(16-29(15-25)43(5)6)37(47)41-28-12-13-44(7)21-28/h9-11,14-16,22-23,27-28,31-35,46H,12-13,17-21,40H2,1-8H3,(H,41,47)(H,42,48)/t22-,23-,27+,28+,31-,32-,33-,34?,35-/m0/s1. The Morgan fingerprint density at radius 1 is 1.18 bits per heavy atom. The van der Waals surface area contributed by atoms with Crippen molar-refractivity contribution >= 4 is 17.5 Å². The summed E-state index contributed by atoms with van der Waals surface area (Å²) in [5.41, 5.74) is 10.4. The van der Waals surface area contributed by atoms with Crippen molar-refractivity contribution in [2.75, 3.05) is 52.8 Å². The largest absolute Gasteiger partial charge is 0.496 e. The number of ether oxygens (including phenoxy) is 1. The Kier molecular flexibility index (Phi) is 10.5. The Bertz CT molecular complexity index is 1560. The van der Waals surface area contributed by atoms with E-state index < -0.39 is 24.2 Å². The molecule has 2 bridgehead atoms. The third-order valence-corrected chi connectivity index (χ3v) is 12.5. The van der Waals surface area contributed by atoms with Gasteiger partial charge in [-0.1, -0.05) is 39.0 Å². The molecule has 3 aliphatic carbocycles. The molecule has 2 heterocycles. The summed E-state index contributed by atoms with van der Waals surface area (Å²) in [5, 5.41) is 19.3. The zero-order chi connectivity index (χ0) is 36.1. The first-order valence-electron chi connectivity index (χ1n) is 18.3. The van der Waals surface area contributed by atoms with Gasteiger partial charge in [-0.25, -0.2) is 0 Å². The maximum Gasteiger partial charge on any atom is 0.251 e. The van der Waals surface area contributed by atoms with Crippen LogP contribution >= 0.6 is 0 Å². The van der Waals surface area contributed by atoms with Crippen molar-refractivity contribution in [3.63, 3.8) is 0 Å². The lowest BCUT2D eigenvalue weighted by atomic mass is 9.45. The molecule has 5 fully saturated rings. The first-order valence-corrected chi connectivity index (χ1v) is 18.3. The highest BCUT2D eigenvalue weighted by atomic mass is 16.7. The normalized spacial score (nSPS) is 31.2. The minimum Gasteiger partial charge on any atom is -0.496 e. The van der Waals surface area contributed by atoms with Crippen LogP contribution in [0.25, 0.3) is 11.1 Å². The molecule has 11 heteroatoms. The van der Waals surface area contributed by atoms with Crippen LogP contribution in [0, 0.1) is 29.1 Å². The predicted octanol–water partition coefficient (Wildman–Crippen LogP) is 3.49.